The first-order chi connectivity index (χ1) is 13.2. The lowest BCUT2D eigenvalue weighted by Gasteiger charge is -2.16. The molecule has 0 fully saturated rings. The molecule has 4 atom stereocenters. The fourth-order valence-electron chi connectivity index (χ4n) is 3.02. The van der Waals surface area contributed by atoms with Gasteiger partial charge in [0.15, 0.2) is 0 Å². The minimum absolute atomic E-state index is 0.0292. The average molecular weight is 423 g/mol. The molecule has 0 aliphatic rings. The maximum absolute atomic E-state index is 12.2. The van der Waals surface area contributed by atoms with Crippen LogP contribution in [0, 0.1) is 0 Å². The van der Waals surface area contributed by atoms with E-state index in [0.717, 1.165) is 23.3 Å². The molecule has 0 aliphatic heterocycles. The van der Waals surface area contributed by atoms with E-state index in [1.54, 1.807) is 12.1 Å². The Labute approximate surface area is 177 Å². The van der Waals surface area contributed by atoms with Crippen LogP contribution in [0.3, 0.4) is 0 Å². The second-order valence-corrected chi connectivity index (χ2v) is 8.77. The first-order valence-electron chi connectivity index (χ1n) is 9.61. The highest BCUT2D eigenvalue weighted by Crippen LogP contribution is 2.24. The first-order valence-corrected chi connectivity index (χ1v) is 10.5. The second-order valence-electron chi connectivity index (χ2n) is 7.28. The quantitative estimate of drug-likeness (QED) is 0.333. The zero-order valence-corrected chi connectivity index (χ0v) is 18.3. The highest BCUT2D eigenvalue weighted by atomic mass is 35.5. The molecule has 0 aromatic heterocycles. The van der Waals surface area contributed by atoms with Gasteiger partial charge in [-0.2, -0.15) is 0 Å². The van der Waals surface area contributed by atoms with E-state index in [2.05, 4.69) is 0 Å². The van der Waals surface area contributed by atoms with E-state index >= 15 is 0 Å². The summed E-state index contributed by atoms with van der Waals surface area (Å²) >= 11 is 12.0. The summed E-state index contributed by atoms with van der Waals surface area (Å²) < 4.78 is 11.3. The second kappa shape index (κ2) is 10.7. The van der Waals surface area contributed by atoms with Crippen LogP contribution in [0.1, 0.15) is 50.9 Å². The van der Waals surface area contributed by atoms with Crippen LogP contribution in [0.5, 0.6) is 5.75 Å². The van der Waals surface area contributed by atoms with Gasteiger partial charge >= 0.3 is 5.97 Å². The Morgan fingerprint density at radius 1 is 0.786 bits per heavy atom. The third-order valence-corrected chi connectivity index (χ3v) is 4.62. The van der Waals surface area contributed by atoms with E-state index in [9.17, 15) is 4.79 Å². The summed E-state index contributed by atoms with van der Waals surface area (Å²) in [5.74, 6) is 0.485. The van der Waals surface area contributed by atoms with Crippen LogP contribution in [0.25, 0.3) is 11.1 Å². The highest BCUT2D eigenvalue weighted by Gasteiger charge is 2.14. The van der Waals surface area contributed by atoms with Gasteiger partial charge in [-0.1, -0.05) is 24.3 Å². The van der Waals surface area contributed by atoms with Crippen LogP contribution < -0.4 is 4.74 Å². The van der Waals surface area contributed by atoms with Crippen LogP contribution in [0.15, 0.2) is 48.5 Å². The molecule has 0 saturated carbocycles. The van der Waals surface area contributed by atoms with Gasteiger partial charge in [-0.25, -0.2) is 4.79 Å². The largest absolute Gasteiger partial charge is 0.491 e. The lowest BCUT2D eigenvalue weighted by atomic mass is 10.0. The third-order valence-electron chi connectivity index (χ3n) is 4.27. The number of rotatable bonds is 9. The zero-order chi connectivity index (χ0) is 20.7. The van der Waals surface area contributed by atoms with Gasteiger partial charge < -0.3 is 9.47 Å². The lowest BCUT2D eigenvalue weighted by molar-refractivity contribution is 0.0325. The summed E-state index contributed by atoms with van der Waals surface area (Å²) in [6.45, 7) is 7.71. The number of hydrogen-bond acceptors (Lipinski definition) is 3. The smallest absolute Gasteiger partial charge is 0.338 e. The Kier molecular flexibility index (Phi) is 8.65. The summed E-state index contributed by atoms with van der Waals surface area (Å²) in [4.78, 5) is 12.2. The molecule has 0 N–H and O–H groups in total. The van der Waals surface area contributed by atoms with E-state index in [1.165, 1.54) is 0 Å². The Balaban J connectivity index is 1.98. The molecule has 0 saturated heterocycles. The Morgan fingerprint density at radius 2 is 1.25 bits per heavy atom. The minimum atomic E-state index is -0.331. The number of esters is 1. The molecule has 5 heteroatoms. The average Bonchev–Trinajstić information content (AvgIpc) is 2.61. The van der Waals surface area contributed by atoms with Crippen molar-refractivity contribution in [3.63, 3.8) is 0 Å². The van der Waals surface area contributed by atoms with E-state index in [-0.39, 0.29) is 28.9 Å². The molecular weight excluding hydrogens is 395 g/mol. The zero-order valence-electron chi connectivity index (χ0n) is 16.8. The lowest BCUT2D eigenvalue weighted by Crippen LogP contribution is -2.17. The van der Waals surface area contributed by atoms with Crippen LogP contribution >= 0.6 is 23.2 Å². The molecule has 152 valence electrons. The Hall–Kier alpha value is -1.71. The van der Waals surface area contributed by atoms with Crippen molar-refractivity contribution in [3.8, 4) is 16.9 Å². The monoisotopic (exact) mass is 422 g/mol. The van der Waals surface area contributed by atoms with Crippen molar-refractivity contribution in [2.24, 2.45) is 0 Å². The molecule has 28 heavy (non-hydrogen) atoms. The van der Waals surface area contributed by atoms with E-state index < -0.39 is 0 Å². The van der Waals surface area contributed by atoms with Gasteiger partial charge in [-0.3, -0.25) is 0 Å². The SMILES string of the molecule is C[C@H](Cl)C[C@H](C)OC(=O)c1ccc(-c2ccc(O[C@@H](C)C[C@H](C)Cl)cc2)cc1. The molecule has 2 aromatic rings. The number of hydrogen-bond donors (Lipinski definition) is 0. The van der Waals surface area contributed by atoms with Crippen molar-refractivity contribution in [3.05, 3.63) is 54.1 Å². The van der Waals surface area contributed by atoms with Crippen molar-refractivity contribution >= 4 is 29.2 Å². The molecule has 0 unspecified atom stereocenters. The Bertz CT molecular complexity index is 739. The fraction of sp³-hybridized carbons (Fsp3) is 0.435. The summed E-state index contributed by atoms with van der Waals surface area (Å²) in [5.41, 5.74) is 2.60. The van der Waals surface area contributed by atoms with E-state index in [4.69, 9.17) is 32.7 Å². The maximum atomic E-state index is 12.2. The summed E-state index contributed by atoms with van der Waals surface area (Å²) in [7, 11) is 0. The number of benzene rings is 2. The van der Waals surface area contributed by atoms with E-state index in [0.29, 0.717) is 12.0 Å². The number of carbonyl (C=O) groups excluding carboxylic acids is 1. The summed E-state index contributed by atoms with van der Waals surface area (Å²) in [6.07, 6.45) is 1.27. The molecule has 0 aliphatic carbocycles. The molecule has 2 aromatic carbocycles. The number of halogens is 2. The van der Waals surface area contributed by atoms with Crippen LogP contribution in [-0.2, 0) is 4.74 Å². The fourth-order valence-corrected chi connectivity index (χ4v) is 3.52. The molecule has 0 heterocycles. The first kappa shape index (κ1) is 22.6. The minimum Gasteiger partial charge on any atom is -0.491 e. The van der Waals surface area contributed by atoms with Crippen molar-refractivity contribution in [1.82, 2.24) is 0 Å². The molecule has 0 radical (unpaired) electrons. The number of carbonyl (C=O) groups is 1. The molecule has 3 nitrogen and oxygen atoms in total. The molecular formula is C23H28Cl2O3. The highest BCUT2D eigenvalue weighted by molar-refractivity contribution is 6.20. The van der Waals surface area contributed by atoms with Crippen molar-refractivity contribution in [2.45, 2.75) is 63.5 Å². The Morgan fingerprint density at radius 3 is 1.75 bits per heavy atom. The molecule has 0 spiro atoms. The summed E-state index contributed by atoms with van der Waals surface area (Å²) in [5, 5.41) is 0.0549. The molecule has 2 rings (SSSR count). The van der Waals surface area contributed by atoms with Gasteiger partial charge in [0, 0.05) is 23.6 Å². The van der Waals surface area contributed by atoms with Crippen molar-refractivity contribution < 1.29 is 14.3 Å². The summed E-state index contributed by atoms with van der Waals surface area (Å²) in [6, 6.07) is 15.3. The predicted octanol–water partition coefficient (Wildman–Crippen LogP) is 6.70. The van der Waals surface area contributed by atoms with Gasteiger partial charge in [0.25, 0.3) is 0 Å². The van der Waals surface area contributed by atoms with Gasteiger partial charge in [0.05, 0.1) is 11.7 Å². The molecule has 0 amide bonds. The van der Waals surface area contributed by atoms with Gasteiger partial charge in [0.1, 0.15) is 11.9 Å². The van der Waals surface area contributed by atoms with Gasteiger partial charge in [-0.15, -0.1) is 23.2 Å². The predicted molar refractivity (Wildman–Crippen MR) is 117 cm³/mol. The van der Waals surface area contributed by atoms with Crippen LogP contribution in [-0.4, -0.2) is 28.9 Å². The normalized spacial score (nSPS) is 15.4. The third kappa shape index (κ3) is 7.37. The molecule has 0 bridgehead atoms. The maximum Gasteiger partial charge on any atom is 0.338 e. The number of alkyl halides is 2. The van der Waals surface area contributed by atoms with Gasteiger partial charge in [-0.05, 0) is 63.1 Å². The van der Waals surface area contributed by atoms with Crippen molar-refractivity contribution in [1.29, 1.82) is 0 Å². The van der Waals surface area contributed by atoms with Crippen molar-refractivity contribution in [2.75, 3.05) is 0 Å². The van der Waals surface area contributed by atoms with Gasteiger partial charge in [0.2, 0.25) is 0 Å². The van der Waals surface area contributed by atoms with Crippen LogP contribution in [0.4, 0.5) is 0 Å². The standard InChI is InChI=1S/C23H28Cl2O3/c1-15(24)13-17(3)27-22-11-9-20(10-12-22)19-5-7-21(8-6-19)23(26)28-18(4)14-16(2)25/h5-12,15-18H,13-14H2,1-4H3/t15-,16-,17-,18-/m0/s1. The van der Waals surface area contributed by atoms with E-state index in [1.807, 2.05) is 64.1 Å². The number of ether oxygens (including phenoxy) is 2. The topological polar surface area (TPSA) is 35.5 Å². The van der Waals surface area contributed by atoms with Crippen LogP contribution in [0.2, 0.25) is 0 Å².